The lowest BCUT2D eigenvalue weighted by molar-refractivity contribution is -0.122. The Morgan fingerprint density at radius 1 is 1.32 bits per heavy atom. The van der Waals surface area contributed by atoms with E-state index < -0.39 is 0 Å². The van der Waals surface area contributed by atoms with Crippen LogP contribution in [-0.4, -0.2) is 42.7 Å². The Hall–Kier alpha value is -2.08. The number of ether oxygens (including phenoxy) is 1. The number of hydrogen-bond acceptors (Lipinski definition) is 4. The molecule has 0 aliphatic carbocycles. The maximum absolute atomic E-state index is 12.1. The molecule has 0 aliphatic heterocycles. The average molecular weight is 308 g/mol. The first kappa shape index (κ1) is 18.0. The highest BCUT2D eigenvalue weighted by molar-refractivity contribution is 5.96. The van der Waals surface area contributed by atoms with E-state index in [0.717, 1.165) is 0 Å². The van der Waals surface area contributed by atoms with Gasteiger partial charge in [0.2, 0.25) is 5.91 Å². The number of carbonyl (C=O) groups is 2. The fraction of sp³-hybridized carbons (Fsp3) is 0.500. The summed E-state index contributed by atoms with van der Waals surface area (Å²) in [6.07, 6.45) is 0.838. The van der Waals surface area contributed by atoms with Gasteiger partial charge in [0.15, 0.2) is 0 Å². The molecule has 1 unspecified atom stereocenters. The fourth-order valence-electron chi connectivity index (χ4n) is 1.87. The molecule has 0 aromatic heterocycles. The van der Waals surface area contributed by atoms with E-state index in [2.05, 4.69) is 10.6 Å². The molecule has 6 heteroatoms. The van der Waals surface area contributed by atoms with E-state index in [9.17, 15) is 9.59 Å². The third-order valence-corrected chi connectivity index (χ3v) is 2.98. The van der Waals surface area contributed by atoms with Crippen LogP contribution in [0.25, 0.3) is 0 Å². The zero-order valence-corrected chi connectivity index (χ0v) is 13.1. The number of para-hydroxylation sites is 1. The van der Waals surface area contributed by atoms with Crippen LogP contribution >= 0.6 is 0 Å². The van der Waals surface area contributed by atoms with Gasteiger partial charge in [0.25, 0.3) is 5.91 Å². The molecule has 2 amide bonds. The van der Waals surface area contributed by atoms with Gasteiger partial charge in [0, 0.05) is 19.0 Å². The van der Waals surface area contributed by atoms with Crippen molar-refractivity contribution in [1.82, 2.24) is 10.6 Å². The van der Waals surface area contributed by atoms with Gasteiger partial charge in [0.1, 0.15) is 5.75 Å². The van der Waals surface area contributed by atoms with Crippen molar-refractivity contribution in [2.75, 3.05) is 19.8 Å². The van der Waals surface area contributed by atoms with E-state index in [1.54, 1.807) is 25.1 Å². The second kappa shape index (κ2) is 9.78. The molecule has 0 spiro atoms. The highest BCUT2D eigenvalue weighted by Crippen LogP contribution is 2.17. The van der Waals surface area contributed by atoms with Crippen LogP contribution in [0.2, 0.25) is 0 Å². The Morgan fingerprint density at radius 3 is 2.73 bits per heavy atom. The van der Waals surface area contributed by atoms with Crippen molar-refractivity contribution in [1.29, 1.82) is 0 Å². The molecule has 22 heavy (non-hydrogen) atoms. The molecule has 0 saturated carbocycles. The summed E-state index contributed by atoms with van der Waals surface area (Å²) in [7, 11) is 0. The molecule has 0 aliphatic rings. The van der Waals surface area contributed by atoms with Gasteiger partial charge < -0.3 is 20.5 Å². The van der Waals surface area contributed by atoms with Crippen LogP contribution in [0, 0.1) is 0 Å². The van der Waals surface area contributed by atoms with Gasteiger partial charge in [-0.3, -0.25) is 9.59 Å². The lowest BCUT2D eigenvalue weighted by Gasteiger charge is -2.12. The normalized spacial score (nSPS) is 11.6. The molecule has 1 atom stereocenters. The summed E-state index contributed by atoms with van der Waals surface area (Å²) < 4.78 is 5.41. The standard InChI is InChI=1S/C16H24N2O4/c1-3-22-14-8-5-4-7-13(14)16(21)17-10-6-9-15(20)18-12(2)11-19/h4-5,7-8,12,19H,3,6,9-11H2,1-2H3,(H,17,21)(H,18,20). The summed E-state index contributed by atoms with van der Waals surface area (Å²) in [5.74, 6) is 0.204. The zero-order valence-electron chi connectivity index (χ0n) is 13.1. The fourth-order valence-corrected chi connectivity index (χ4v) is 1.87. The first-order valence-corrected chi connectivity index (χ1v) is 7.48. The van der Waals surface area contributed by atoms with E-state index in [1.165, 1.54) is 0 Å². The number of nitrogens with one attached hydrogen (secondary N) is 2. The zero-order chi connectivity index (χ0) is 16.4. The van der Waals surface area contributed by atoms with E-state index in [0.29, 0.717) is 37.3 Å². The topological polar surface area (TPSA) is 87.7 Å². The molecule has 0 saturated heterocycles. The summed E-state index contributed by atoms with van der Waals surface area (Å²) in [6, 6.07) is 6.80. The number of aliphatic hydroxyl groups is 1. The van der Waals surface area contributed by atoms with Crippen molar-refractivity contribution < 1.29 is 19.4 Å². The Morgan fingerprint density at radius 2 is 2.05 bits per heavy atom. The van der Waals surface area contributed by atoms with Crippen LogP contribution in [0.1, 0.15) is 37.0 Å². The van der Waals surface area contributed by atoms with E-state index in [4.69, 9.17) is 9.84 Å². The molecular formula is C16H24N2O4. The number of carbonyl (C=O) groups excluding carboxylic acids is 2. The Labute approximate surface area is 130 Å². The first-order chi connectivity index (χ1) is 10.6. The van der Waals surface area contributed by atoms with Crippen molar-refractivity contribution in [2.45, 2.75) is 32.7 Å². The molecule has 3 N–H and O–H groups in total. The highest BCUT2D eigenvalue weighted by atomic mass is 16.5. The number of benzene rings is 1. The molecule has 1 rings (SSSR count). The summed E-state index contributed by atoms with van der Waals surface area (Å²) >= 11 is 0. The molecule has 1 aromatic carbocycles. The quantitative estimate of drug-likeness (QED) is 0.596. The van der Waals surface area contributed by atoms with Crippen molar-refractivity contribution in [3.63, 3.8) is 0 Å². The summed E-state index contributed by atoms with van der Waals surface area (Å²) in [4.78, 5) is 23.6. The minimum atomic E-state index is -0.250. The van der Waals surface area contributed by atoms with E-state index in [1.807, 2.05) is 13.0 Å². The molecule has 0 fully saturated rings. The third-order valence-electron chi connectivity index (χ3n) is 2.98. The van der Waals surface area contributed by atoms with Crippen LogP contribution in [0.5, 0.6) is 5.75 Å². The van der Waals surface area contributed by atoms with E-state index in [-0.39, 0.29) is 24.5 Å². The summed E-state index contributed by atoms with van der Waals surface area (Å²) in [5.41, 5.74) is 0.489. The van der Waals surface area contributed by atoms with Gasteiger partial charge in [0.05, 0.1) is 18.8 Å². The second-order valence-corrected chi connectivity index (χ2v) is 4.94. The van der Waals surface area contributed by atoms with Crippen molar-refractivity contribution >= 4 is 11.8 Å². The summed E-state index contributed by atoms with van der Waals surface area (Å²) in [5, 5.41) is 14.3. The Balaban J connectivity index is 2.36. The van der Waals surface area contributed by atoms with Crippen LogP contribution < -0.4 is 15.4 Å². The molecule has 0 radical (unpaired) electrons. The van der Waals surface area contributed by atoms with Crippen LogP contribution in [0.3, 0.4) is 0 Å². The summed E-state index contributed by atoms with van der Waals surface area (Å²) in [6.45, 7) is 4.40. The first-order valence-electron chi connectivity index (χ1n) is 7.48. The largest absolute Gasteiger partial charge is 0.493 e. The number of hydrogen-bond donors (Lipinski definition) is 3. The van der Waals surface area contributed by atoms with Gasteiger partial charge in [-0.25, -0.2) is 0 Å². The predicted octanol–water partition coefficient (Wildman–Crippen LogP) is 1.09. The Bertz CT molecular complexity index is 491. The van der Waals surface area contributed by atoms with Crippen LogP contribution in [0.4, 0.5) is 0 Å². The predicted molar refractivity (Wildman–Crippen MR) is 83.9 cm³/mol. The minimum Gasteiger partial charge on any atom is -0.493 e. The maximum atomic E-state index is 12.1. The van der Waals surface area contributed by atoms with Crippen molar-refractivity contribution in [3.05, 3.63) is 29.8 Å². The highest BCUT2D eigenvalue weighted by Gasteiger charge is 2.11. The van der Waals surface area contributed by atoms with Crippen molar-refractivity contribution in [2.24, 2.45) is 0 Å². The number of rotatable bonds is 9. The molecule has 1 aromatic rings. The molecule has 0 heterocycles. The van der Waals surface area contributed by atoms with Gasteiger partial charge in [-0.2, -0.15) is 0 Å². The SMILES string of the molecule is CCOc1ccccc1C(=O)NCCCC(=O)NC(C)CO. The lowest BCUT2D eigenvalue weighted by Crippen LogP contribution is -2.35. The van der Waals surface area contributed by atoms with Crippen LogP contribution in [0.15, 0.2) is 24.3 Å². The van der Waals surface area contributed by atoms with Gasteiger partial charge >= 0.3 is 0 Å². The van der Waals surface area contributed by atoms with Crippen LogP contribution in [-0.2, 0) is 4.79 Å². The number of aliphatic hydroxyl groups excluding tert-OH is 1. The third kappa shape index (κ3) is 6.13. The maximum Gasteiger partial charge on any atom is 0.255 e. The monoisotopic (exact) mass is 308 g/mol. The Kier molecular flexibility index (Phi) is 7.99. The lowest BCUT2D eigenvalue weighted by atomic mass is 10.2. The molecule has 122 valence electrons. The number of amides is 2. The molecule has 6 nitrogen and oxygen atoms in total. The van der Waals surface area contributed by atoms with Gasteiger partial charge in [-0.05, 0) is 32.4 Å². The average Bonchev–Trinajstić information content (AvgIpc) is 2.52. The molecule has 0 bridgehead atoms. The van der Waals surface area contributed by atoms with E-state index >= 15 is 0 Å². The van der Waals surface area contributed by atoms with Crippen molar-refractivity contribution in [3.8, 4) is 5.75 Å². The smallest absolute Gasteiger partial charge is 0.255 e. The van der Waals surface area contributed by atoms with Gasteiger partial charge in [-0.1, -0.05) is 12.1 Å². The molecular weight excluding hydrogens is 284 g/mol. The second-order valence-electron chi connectivity index (χ2n) is 4.94. The minimum absolute atomic E-state index is 0.0866. The van der Waals surface area contributed by atoms with Gasteiger partial charge in [-0.15, -0.1) is 0 Å².